The van der Waals surface area contributed by atoms with Gasteiger partial charge in [0.05, 0.1) is 5.69 Å². The van der Waals surface area contributed by atoms with E-state index >= 15 is 0 Å². The van der Waals surface area contributed by atoms with Crippen LogP contribution in [0.4, 0.5) is 0 Å². The molecule has 2 nitrogen and oxygen atoms in total. The fourth-order valence-corrected chi connectivity index (χ4v) is 2.47. The number of aromatic nitrogens is 1. The van der Waals surface area contributed by atoms with Crippen molar-refractivity contribution in [2.45, 2.75) is 66.3 Å². The molecule has 0 fully saturated rings. The topological polar surface area (TPSA) is 24.9 Å². The minimum Gasteiger partial charge on any atom is -0.309 e. The molecule has 108 valence electrons. The van der Waals surface area contributed by atoms with E-state index in [1.165, 1.54) is 42.5 Å². The van der Waals surface area contributed by atoms with Crippen molar-refractivity contribution in [1.29, 1.82) is 0 Å². The first-order chi connectivity index (χ1) is 9.04. The minimum atomic E-state index is 0.416. The third-order valence-electron chi connectivity index (χ3n) is 3.50. The summed E-state index contributed by atoms with van der Waals surface area (Å²) in [5, 5.41) is 3.66. The Morgan fingerprint density at radius 2 is 1.95 bits per heavy atom. The third-order valence-corrected chi connectivity index (χ3v) is 3.50. The highest BCUT2D eigenvalue weighted by Crippen LogP contribution is 2.22. The van der Waals surface area contributed by atoms with Crippen LogP contribution < -0.4 is 5.32 Å². The van der Waals surface area contributed by atoms with E-state index < -0.39 is 0 Å². The van der Waals surface area contributed by atoms with Gasteiger partial charge >= 0.3 is 0 Å². The van der Waals surface area contributed by atoms with E-state index in [1.54, 1.807) is 0 Å². The monoisotopic (exact) mass is 262 g/mol. The summed E-state index contributed by atoms with van der Waals surface area (Å²) in [4.78, 5) is 4.67. The second kappa shape index (κ2) is 8.31. The third kappa shape index (κ3) is 5.73. The summed E-state index contributed by atoms with van der Waals surface area (Å²) in [6, 6.07) is 2.66. The van der Waals surface area contributed by atoms with Gasteiger partial charge in [0.25, 0.3) is 0 Å². The minimum absolute atomic E-state index is 0.416. The first-order valence-corrected chi connectivity index (χ1v) is 7.71. The lowest BCUT2D eigenvalue weighted by molar-refractivity contribution is 0.439. The summed E-state index contributed by atoms with van der Waals surface area (Å²) in [7, 11) is 0. The van der Waals surface area contributed by atoms with E-state index in [0.29, 0.717) is 6.04 Å². The summed E-state index contributed by atoms with van der Waals surface area (Å²) >= 11 is 0. The second-order valence-corrected chi connectivity index (χ2v) is 6.05. The maximum Gasteiger partial charge on any atom is 0.0602 e. The molecule has 0 radical (unpaired) electrons. The zero-order valence-corrected chi connectivity index (χ0v) is 13.3. The number of nitrogens with zero attached hydrogens (tertiary/aromatic N) is 1. The van der Waals surface area contributed by atoms with Gasteiger partial charge in [-0.1, -0.05) is 39.7 Å². The highest BCUT2D eigenvalue weighted by Gasteiger charge is 2.14. The van der Waals surface area contributed by atoms with E-state index in [9.17, 15) is 0 Å². The molecule has 0 amide bonds. The van der Waals surface area contributed by atoms with Crippen molar-refractivity contribution in [3.8, 4) is 0 Å². The van der Waals surface area contributed by atoms with Gasteiger partial charge in [0.15, 0.2) is 0 Å². The van der Waals surface area contributed by atoms with E-state index in [0.717, 1.165) is 12.5 Å². The molecule has 0 saturated heterocycles. The summed E-state index contributed by atoms with van der Waals surface area (Å²) in [5.74, 6) is 0.791. The Morgan fingerprint density at radius 3 is 2.53 bits per heavy atom. The lowest BCUT2D eigenvalue weighted by Gasteiger charge is -2.20. The maximum absolute atomic E-state index is 4.67. The average molecular weight is 262 g/mol. The quantitative estimate of drug-likeness (QED) is 0.742. The fraction of sp³-hybridized carbons (Fsp3) is 0.706. The molecule has 0 aromatic carbocycles. The molecule has 0 saturated carbocycles. The number of hydrogen-bond acceptors (Lipinski definition) is 2. The zero-order valence-electron chi connectivity index (χ0n) is 13.3. The molecule has 1 rings (SSSR count). The Bertz CT molecular complexity index is 372. The molecular weight excluding hydrogens is 232 g/mol. The van der Waals surface area contributed by atoms with Gasteiger partial charge in [0, 0.05) is 12.2 Å². The molecule has 1 unspecified atom stereocenters. The van der Waals surface area contributed by atoms with Gasteiger partial charge in [-0.3, -0.25) is 4.98 Å². The Balaban J connectivity index is 2.71. The Hall–Kier alpha value is -0.890. The predicted octanol–water partition coefficient (Wildman–Crippen LogP) is 4.57. The Labute approximate surface area is 119 Å². The maximum atomic E-state index is 4.67. The zero-order chi connectivity index (χ0) is 14.3. The summed E-state index contributed by atoms with van der Waals surface area (Å²) in [5.41, 5.74) is 3.80. The number of rotatable bonds is 8. The summed E-state index contributed by atoms with van der Waals surface area (Å²) in [6.07, 6.45) is 6.93. The van der Waals surface area contributed by atoms with Gasteiger partial charge in [-0.25, -0.2) is 0 Å². The van der Waals surface area contributed by atoms with Gasteiger partial charge in [-0.05, 0) is 50.3 Å². The van der Waals surface area contributed by atoms with Gasteiger partial charge in [-0.15, -0.1) is 0 Å². The molecule has 0 spiro atoms. The van der Waals surface area contributed by atoms with E-state index in [2.05, 4.69) is 51.0 Å². The van der Waals surface area contributed by atoms with Crippen LogP contribution in [-0.4, -0.2) is 11.5 Å². The van der Waals surface area contributed by atoms with Crippen molar-refractivity contribution < 1.29 is 0 Å². The molecule has 1 aromatic rings. The van der Waals surface area contributed by atoms with Crippen LogP contribution in [0.15, 0.2) is 12.3 Å². The van der Waals surface area contributed by atoms with Crippen LogP contribution in [0, 0.1) is 19.8 Å². The standard InChI is InChI=1S/C17H30N2/c1-6-10-18-16(9-7-8-13(2)3)17-15(5)11-14(4)12-19-17/h11-13,16,18H,6-10H2,1-5H3. The highest BCUT2D eigenvalue weighted by molar-refractivity contribution is 5.25. The molecule has 0 aliphatic carbocycles. The predicted molar refractivity (Wildman–Crippen MR) is 83.4 cm³/mol. The molecule has 1 atom stereocenters. The van der Waals surface area contributed by atoms with Crippen LogP contribution in [0.3, 0.4) is 0 Å². The summed E-state index contributed by atoms with van der Waals surface area (Å²) < 4.78 is 0. The lowest BCUT2D eigenvalue weighted by Crippen LogP contribution is -2.24. The molecule has 0 aliphatic heterocycles. The molecule has 0 aliphatic rings. The first-order valence-electron chi connectivity index (χ1n) is 7.71. The molecule has 19 heavy (non-hydrogen) atoms. The largest absolute Gasteiger partial charge is 0.309 e. The molecule has 1 heterocycles. The van der Waals surface area contributed by atoms with Crippen LogP contribution in [0.25, 0.3) is 0 Å². The number of aryl methyl sites for hydroxylation is 2. The first kappa shape index (κ1) is 16.2. The fourth-order valence-electron chi connectivity index (χ4n) is 2.47. The molecular formula is C17H30N2. The Kier molecular flexibility index (Phi) is 7.07. The second-order valence-electron chi connectivity index (χ2n) is 6.05. The molecule has 2 heteroatoms. The van der Waals surface area contributed by atoms with Gasteiger partial charge in [-0.2, -0.15) is 0 Å². The van der Waals surface area contributed by atoms with Crippen molar-refractivity contribution in [2.75, 3.05) is 6.54 Å². The van der Waals surface area contributed by atoms with Crippen molar-refractivity contribution in [3.05, 3.63) is 29.1 Å². The van der Waals surface area contributed by atoms with Crippen molar-refractivity contribution >= 4 is 0 Å². The van der Waals surface area contributed by atoms with Crippen LogP contribution in [0.5, 0.6) is 0 Å². The van der Waals surface area contributed by atoms with Crippen molar-refractivity contribution in [3.63, 3.8) is 0 Å². The van der Waals surface area contributed by atoms with Crippen LogP contribution in [-0.2, 0) is 0 Å². The van der Waals surface area contributed by atoms with Crippen molar-refractivity contribution in [2.24, 2.45) is 5.92 Å². The smallest absolute Gasteiger partial charge is 0.0602 e. The number of nitrogens with one attached hydrogen (secondary N) is 1. The molecule has 1 N–H and O–H groups in total. The van der Waals surface area contributed by atoms with E-state index in [4.69, 9.17) is 0 Å². The number of hydrogen-bond donors (Lipinski definition) is 1. The SMILES string of the molecule is CCCNC(CCCC(C)C)c1ncc(C)cc1C. The van der Waals surface area contributed by atoms with Crippen LogP contribution in [0.2, 0.25) is 0 Å². The lowest BCUT2D eigenvalue weighted by atomic mass is 9.98. The normalized spacial score (nSPS) is 12.9. The molecule has 0 bridgehead atoms. The van der Waals surface area contributed by atoms with Gasteiger partial charge < -0.3 is 5.32 Å². The summed E-state index contributed by atoms with van der Waals surface area (Å²) in [6.45, 7) is 12.2. The highest BCUT2D eigenvalue weighted by atomic mass is 14.9. The molecule has 1 aromatic heterocycles. The van der Waals surface area contributed by atoms with E-state index in [-0.39, 0.29) is 0 Å². The number of pyridine rings is 1. The average Bonchev–Trinajstić information content (AvgIpc) is 2.34. The Morgan fingerprint density at radius 1 is 1.21 bits per heavy atom. The van der Waals surface area contributed by atoms with Crippen LogP contribution in [0.1, 0.15) is 69.3 Å². The van der Waals surface area contributed by atoms with Gasteiger partial charge in [0.2, 0.25) is 0 Å². The van der Waals surface area contributed by atoms with E-state index in [1.807, 2.05) is 6.20 Å². The van der Waals surface area contributed by atoms with Gasteiger partial charge in [0.1, 0.15) is 0 Å². The van der Waals surface area contributed by atoms with Crippen LogP contribution >= 0.6 is 0 Å². The van der Waals surface area contributed by atoms with Crippen molar-refractivity contribution in [1.82, 2.24) is 10.3 Å².